The summed E-state index contributed by atoms with van der Waals surface area (Å²) in [7, 11) is -1.39. The fourth-order valence-electron chi connectivity index (χ4n) is 4.42. The number of anilines is 1. The second-order valence-corrected chi connectivity index (χ2v) is 12.4. The predicted molar refractivity (Wildman–Crippen MR) is 163 cm³/mol. The number of amides is 2. The highest BCUT2D eigenvalue weighted by atomic mass is 79.9. The number of carbonyl (C=O) groups is 2. The minimum atomic E-state index is -4.26. The van der Waals surface area contributed by atoms with Crippen molar-refractivity contribution in [3.05, 3.63) is 81.8 Å². The Labute approximate surface area is 250 Å². The highest BCUT2D eigenvalue weighted by molar-refractivity contribution is 9.10. The second-order valence-electron chi connectivity index (χ2n) is 9.59. The van der Waals surface area contributed by atoms with E-state index < -0.39 is 28.5 Å². The minimum absolute atomic E-state index is 0.0710. The van der Waals surface area contributed by atoms with Crippen LogP contribution in [0.15, 0.2) is 70.0 Å². The van der Waals surface area contributed by atoms with Crippen LogP contribution in [-0.2, 0) is 26.2 Å². The summed E-state index contributed by atoms with van der Waals surface area (Å²) >= 11 is 3.41. The number of halogens is 1. The Kier molecular flexibility index (Phi) is 10.8. The van der Waals surface area contributed by atoms with Crippen LogP contribution in [0.1, 0.15) is 30.5 Å². The fraction of sp³-hybridized carbons (Fsp3) is 0.333. The third-order valence-electron chi connectivity index (χ3n) is 6.50. The Morgan fingerprint density at radius 3 is 2.10 bits per heavy atom. The van der Waals surface area contributed by atoms with Crippen LogP contribution in [0.3, 0.4) is 0 Å². The molecule has 2 amide bonds. The van der Waals surface area contributed by atoms with Crippen molar-refractivity contribution in [2.24, 2.45) is 0 Å². The highest BCUT2D eigenvalue weighted by Gasteiger charge is 2.33. The molecule has 3 rings (SSSR count). The van der Waals surface area contributed by atoms with E-state index in [4.69, 9.17) is 9.47 Å². The largest absolute Gasteiger partial charge is 0.493 e. The number of aryl methyl sites for hydroxylation is 2. The zero-order chi connectivity index (χ0) is 30.3. The zero-order valence-corrected chi connectivity index (χ0v) is 26.5. The Bertz CT molecular complexity index is 1470. The van der Waals surface area contributed by atoms with Crippen LogP contribution in [0.4, 0.5) is 5.69 Å². The summed E-state index contributed by atoms with van der Waals surface area (Å²) in [6, 6.07) is 16.2. The third-order valence-corrected chi connectivity index (χ3v) is 8.80. The Morgan fingerprint density at radius 2 is 1.54 bits per heavy atom. The molecule has 1 atom stereocenters. The summed E-state index contributed by atoms with van der Waals surface area (Å²) in [5.41, 5.74) is 2.79. The topological polar surface area (TPSA) is 105 Å². The molecule has 41 heavy (non-hydrogen) atoms. The number of carbonyl (C=O) groups excluding carboxylic acids is 2. The number of nitrogens with one attached hydrogen (secondary N) is 1. The molecule has 0 saturated heterocycles. The normalized spacial score (nSPS) is 11.9. The maximum Gasteiger partial charge on any atom is 0.264 e. The number of hydrogen-bond donors (Lipinski definition) is 1. The Morgan fingerprint density at radius 1 is 0.927 bits per heavy atom. The van der Waals surface area contributed by atoms with Crippen LogP contribution in [0, 0.1) is 13.8 Å². The van der Waals surface area contributed by atoms with Gasteiger partial charge in [-0.2, -0.15) is 0 Å². The van der Waals surface area contributed by atoms with Crippen LogP contribution in [0.25, 0.3) is 0 Å². The molecule has 0 radical (unpaired) electrons. The quantitative estimate of drug-likeness (QED) is 0.302. The van der Waals surface area contributed by atoms with Crippen molar-refractivity contribution < 1.29 is 27.5 Å². The first-order valence-corrected chi connectivity index (χ1v) is 15.3. The van der Waals surface area contributed by atoms with Gasteiger partial charge in [0.2, 0.25) is 11.8 Å². The molecule has 3 aromatic carbocycles. The van der Waals surface area contributed by atoms with Gasteiger partial charge in [0, 0.05) is 23.6 Å². The Balaban J connectivity index is 2.10. The summed E-state index contributed by atoms with van der Waals surface area (Å²) in [5.74, 6) is -0.257. The standard InChI is InChI=1S/C30H36BrN3O6S/c1-7-32-30(36)22(4)33(18-23-8-10-24(31)11-9-23)29(35)19-34(25-15-20(2)14-21(3)16-25)41(37,38)26-12-13-27(39-5)28(17-26)40-6/h8-17,22H,7,18-19H2,1-6H3,(H,32,36)/t22-/m1/s1. The van der Waals surface area contributed by atoms with E-state index in [0.717, 1.165) is 25.5 Å². The van der Waals surface area contributed by atoms with Crippen molar-refractivity contribution in [3.8, 4) is 11.5 Å². The van der Waals surface area contributed by atoms with Gasteiger partial charge in [-0.3, -0.25) is 13.9 Å². The number of benzene rings is 3. The molecular formula is C30H36BrN3O6S. The molecule has 1 N–H and O–H groups in total. The molecule has 0 aromatic heterocycles. The number of sulfonamides is 1. The Hall–Kier alpha value is -3.57. The predicted octanol–water partition coefficient (Wildman–Crippen LogP) is 4.83. The second kappa shape index (κ2) is 13.9. The van der Waals surface area contributed by atoms with E-state index in [-0.39, 0.29) is 23.1 Å². The number of hydrogen-bond acceptors (Lipinski definition) is 6. The van der Waals surface area contributed by atoms with Gasteiger partial charge in [0.15, 0.2) is 11.5 Å². The van der Waals surface area contributed by atoms with Crippen molar-refractivity contribution in [3.63, 3.8) is 0 Å². The van der Waals surface area contributed by atoms with Gasteiger partial charge in [0.1, 0.15) is 12.6 Å². The first-order chi connectivity index (χ1) is 19.4. The lowest BCUT2D eigenvalue weighted by atomic mass is 10.1. The summed E-state index contributed by atoms with van der Waals surface area (Å²) < 4.78 is 40.9. The van der Waals surface area contributed by atoms with E-state index in [2.05, 4.69) is 21.2 Å². The zero-order valence-electron chi connectivity index (χ0n) is 24.1. The van der Waals surface area contributed by atoms with Crippen LogP contribution < -0.4 is 19.1 Å². The van der Waals surface area contributed by atoms with Crippen molar-refractivity contribution in [1.82, 2.24) is 10.2 Å². The number of methoxy groups -OCH3 is 2. The monoisotopic (exact) mass is 645 g/mol. The van der Waals surface area contributed by atoms with Gasteiger partial charge in [-0.25, -0.2) is 8.42 Å². The minimum Gasteiger partial charge on any atom is -0.493 e. The lowest BCUT2D eigenvalue weighted by molar-refractivity contribution is -0.139. The van der Waals surface area contributed by atoms with E-state index in [1.807, 2.05) is 44.2 Å². The highest BCUT2D eigenvalue weighted by Crippen LogP contribution is 2.33. The molecule has 0 spiro atoms. The summed E-state index contributed by atoms with van der Waals surface area (Å²) in [4.78, 5) is 28.2. The van der Waals surface area contributed by atoms with Crippen LogP contribution >= 0.6 is 15.9 Å². The smallest absolute Gasteiger partial charge is 0.264 e. The lowest BCUT2D eigenvalue weighted by Crippen LogP contribution is -2.51. The molecule has 0 unspecified atom stereocenters. The van der Waals surface area contributed by atoms with E-state index in [9.17, 15) is 18.0 Å². The lowest BCUT2D eigenvalue weighted by Gasteiger charge is -2.32. The van der Waals surface area contributed by atoms with Gasteiger partial charge in [0.25, 0.3) is 10.0 Å². The molecule has 3 aromatic rings. The van der Waals surface area contributed by atoms with Gasteiger partial charge < -0.3 is 19.7 Å². The molecule has 220 valence electrons. The van der Waals surface area contributed by atoms with Crippen LogP contribution in [0.2, 0.25) is 0 Å². The van der Waals surface area contributed by atoms with Gasteiger partial charge >= 0.3 is 0 Å². The van der Waals surface area contributed by atoms with Crippen molar-refractivity contribution in [2.75, 3.05) is 31.6 Å². The van der Waals surface area contributed by atoms with Crippen LogP contribution in [0.5, 0.6) is 11.5 Å². The molecule has 11 heteroatoms. The van der Waals surface area contributed by atoms with Gasteiger partial charge in [-0.05, 0) is 80.8 Å². The van der Waals surface area contributed by atoms with Gasteiger partial charge in [-0.15, -0.1) is 0 Å². The fourth-order valence-corrected chi connectivity index (χ4v) is 6.10. The molecule has 0 saturated carbocycles. The average molecular weight is 647 g/mol. The molecular weight excluding hydrogens is 610 g/mol. The molecule has 0 aliphatic rings. The summed E-state index contributed by atoms with van der Waals surface area (Å²) in [6.07, 6.45) is 0. The maximum atomic E-state index is 14.2. The van der Waals surface area contributed by atoms with Crippen molar-refractivity contribution in [2.45, 2.75) is 45.2 Å². The van der Waals surface area contributed by atoms with E-state index in [0.29, 0.717) is 18.0 Å². The number of ether oxygens (including phenoxy) is 2. The first-order valence-electron chi connectivity index (χ1n) is 13.1. The van der Waals surface area contributed by atoms with E-state index in [1.54, 1.807) is 26.0 Å². The maximum absolute atomic E-state index is 14.2. The SMILES string of the molecule is CCNC(=O)[C@@H](C)N(Cc1ccc(Br)cc1)C(=O)CN(c1cc(C)cc(C)c1)S(=O)(=O)c1ccc(OC)c(OC)c1. The first kappa shape index (κ1) is 32.0. The van der Waals surface area contributed by atoms with Gasteiger partial charge in [0.05, 0.1) is 24.8 Å². The number of nitrogens with zero attached hydrogens (tertiary/aromatic N) is 2. The van der Waals surface area contributed by atoms with Crippen LogP contribution in [-0.4, -0.2) is 58.5 Å². The average Bonchev–Trinajstić information content (AvgIpc) is 2.94. The van der Waals surface area contributed by atoms with Gasteiger partial charge in [-0.1, -0.05) is 34.1 Å². The molecule has 0 aliphatic heterocycles. The third kappa shape index (κ3) is 7.80. The number of likely N-dealkylation sites (N-methyl/N-ethyl adjacent to an activating group) is 1. The molecule has 0 fully saturated rings. The molecule has 0 bridgehead atoms. The van der Waals surface area contributed by atoms with Crippen molar-refractivity contribution >= 4 is 43.5 Å². The number of rotatable bonds is 12. The molecule has 9 nitrogen and oxygen atoms in total. The molecule has 0 aliphatic carbocycles. The van der Waals surface area contributed by atoms with Crippen molar-refractivity contribution in [1.29, 1.82) is 0 Å². The van der Waals surface area contributed by atoms with E-state index in [1.165, 1.54) is 37.3 Å². The molecule has 0 heterocycles. The summed E-state index contributed by atoms with van der Waals surface area (Å²) in [5, 5.41) is 2.76. The summed E-state index contributed by atoms with van der Waals surface area (Å²) in [6.45, 7) is 7.12. The van der Waals surface area contributed by atoms with E-state index >= 15 is 0 Å².